The van der Waals surface area contributed by atoms with Gasteiger partial charge >= 0.3 is 311 Å². The summed E-state index contributed by atoms with van der Waals surface area (Å²) in [5, 5.41) is 0. The van der Waals surface area contributed by atoms with Crippen LogP contribution >= 0.6 is 0 Å². The van der Waals surface area contributed by atoms with Crippen LogP contribution in [0.1, 0.15) is 117 Å². The van der Waals surface area contributed by atoms with Gasteiger partial charge < -0.3 is 0 Å². The van der Waals surface area contributed by atoms with Crippen LogP contribution in [0.4, 0.5) is 0 Å². The van der Waals surface area contributed by atoms with E-state index in [1.54, 1.807) is 0 Å². The number of hydrogen-bond donors (Lipinski definition) is 0. The summed E-state index contributed by atoms with van der Waals surface area (Å²) in [6, 6.07) is 43.6. The Morgan fingerprint density at radius 2 is 0.571 bits per heavy atom. The maximum absolute atomic E-state index is 8.09. The fourth-order valence-corrected chi connectivity index (χ4v) is 42.0. The SMILES string of the molecule is CCCCCCCCCC[O][Sn]([O][Sn]([O]CCCCCCCCCC)([c]1ccccc1)[c]1ccccc1)([c]1ccccc1)[c]1ccccc1. The Kier molecular flexibility index (Phi) is 19.5. The van der Waals surface area contributed by atoms with Crippen molar-refractivity contribution in [1.82, 2.24) is 0 Å². The molecule has 0 heterocycles. The summed E-state index contributed by atoms with van der Waals surface area (Å²) < 4.78 is 27.7. The number of unbranched alkanes of at least 4 members (excludes halogenated alkanes) is 14. The molecular formula is C44H62O3Sn2. The van der Waals surface area contributed by atoms with Crippen LogP contribution in [0.5, 0.6) is 0 Å². The standard InChI is InChI=1S/2C10H21O.4C6H5.O.2Sn/c2*1-2-3-4-5-6-7-8-9-10-11;4*1-2-4-6-5-3-1;;;/h2*2-10H2,1H3;4*1-5H;;;/q2*-1;;;;;;2*+1. The van der Waals surface area contributed by atoms with Gasteiger partial charge in [-0.1, -0.05) is 0 Å². The van der Waals surface area contributed by atoms with Crippen LogP contribution in [0.15, 0.2) is 121 Å². The van der Waals surface area contributed by atoms with E-state index >= 15 is 0 Å². The van der Waals surface area contributed by atoms with E-state index < -0.39 is 38.4 Å². The van der Waals surface area contributed by atoms with Crippen LogP contribution in [0.25, 0.3) is 0 Å². The Bertz CT molecular complexity index is 1180. The second kappa shape index (κ2) is 23.8. The van der Waals surface area contributed by atoms with E-state index in [4.69, 9.17) is 7.56 Å². The molecule has 49 heavy (non-hydrogen) atoms. The molecule has 0 aliphatic rings. The Labute approximate surface area is 309 Å². The molecular weight excluding hydrogens is 814 g/mol. The van der Waals surface area contributed by atoms with Gasteiger partial charge in [-0.2, -0.15) is 0 Å². The molecule has 0 amide bonds. The van der Waals surface area contributed by atoms with Gasteiger partial charge in [-0.25, -0.2) is 0 Å². The van der Waals surface area contributed by atoms with Crippen molar-refractivity contribution in [3.8, 4) is 0 Å². The van der Waals surface area contributed by atoms with Gasteiger partial charge in [0.15, 0.2) is 0 Å². The maximum atomic E-state index is 8.09. The van der Waals surface area contributed by atoms with E-state index in [2.05, 4.69) is 135 Å². The van der Waals surface area contributed by atoms with Crippen molar-refractivity contribution in [2.75, 3.05) is 13.2 Å². The monoisotopic (exact) mass is 878 g/mol. The minimum atomic E-state index is -4.36. The third-order valence-electron chi connectivity index (χ3n) is 9.51. The third-order valence-corrected chi connectivity index (χ3v) is 38.1. The molecule has 4 rings (SSSR count). The molecule has 0 N–H and O–H groups in total. The molecule has 0 aliphatic carbocycles. The first-order valence-electron chi connectivity index (χ1n) is 19.5. The van der Waals surface area contributed by atoms with Gasteiger partial charge in [0, 0.05) is 0 Å². The van der Waals surface area contributed by atoms with Crippen LogP contribution in [0, 0.1) is 0 Å². The average molecular weight is 876 g/mol. The molecule has 0 atom stereocenters. The van der Waals surface area contributed by atoms with E-state index in [0.29, 0.717) is 13.2 Å². The fourth-order valence-electron chi connectivity index (χ4n) is 6.70. The van der Waals surface area contributed by atoms with Crippen LogP contribution in [0.3, 0.4) is 0 Å². The average Bonchev–Trinajstić information content (AvgIpc) is 3.17. The van der Waals surface area contributed by atoms with Crippen molar-refractivity contribution < 1.29 is 7.56 Å². The fraction of sp³-hybridized carbons (Fsp3) is 0.455. The van der Waals surface area contributed by atoms with Crippen molar-refractivity contribution >= 4 is 52.7 Å². The molecule has 0 unspecified atom stereocenters. The number of hydrogen-bond acceptors (Lipinski definition) is 3. The molecule has 0 aromatic heterocycles. The summed E-state index contributed by atoms with van der Waals surface area (Å²) in [4.78, 5) is 0. The summed E-state index contributed by atoms with van der Waals surface area (Å²) in [5.41, 5.74) is 0. The van der Waals surface area contributed by atoms with Crippen LogP contribution in [-0.2, 0) is 7.56 Å². The number of rotatable bonds is 26. The van der Waals surface area contributed by atoms with Crippen molar-refractivity contribution in [3.05, 3.63) is 121 Å². The second-order valence-electron chi connectivity index (χ2n) is 13.4. The zero-order valence-corrected chi connectivity index (χ0v) is 36.2. The first-order valence-corrected chi connectivity index (χ1v) is 29.8. The van der Waals surface area contributed by atoms with Crippen LogP contribution in [-0.4, -0.2) is 51.6 Å². The van der Waals surface area contributed by atoms with Gasteiger partial charge in [0.25, 0.3) is 0 Å². The van der Waals surface area contributed by atoms with Crippen LogP contribution < -0.4 is 14.3 Å². The molecule has 4 aromatic carbocycles. The molecule has 0 fully saturated rings. The van der Waals surface area contributed by atoms with Crippen molar-refractivity contribution in [1.29, 1.82) is 0 Å². The molecule has 0 aliphatic heterocycles. The van der Waals surface area contributed by atoms with Crippen molar-refractivity contribution in [2.24, 2.45) is 0 Å². The van der Waals surface area contributed by atoms with E-state index in [1.807, 2.05) is 0 Å². The quantitative estimate of drug-likeness (QED) is 0.0465. The summed E-state index contributed by atoms with van der Waals surface area (Å²) in [5.74, 6) is 0. The predicted octanol–water partition coefficient (Wildman–Crippen LogP) is 9.83. The van der Waals surface area contributed by atoms with E-state index in [-0.39, 0.29) is 0 Å². The summed E-state index contributed by atoms with van der Waals surface area (Å²) in [6.45, 7) is 5.98. The van der Waals surface area contributed by atoms with Gasteiger partial charge in [-0.05, 0) is 0 Å². The summed E-state index contributed by atoms with van der Waals surface area (Å²) in [6.07, 6.45) is 20.3. The minimum absolute atomic E-state index is 0.707. The van der Waals surface area contributed by atoms with E-state index in [0.717, 1.165) is 12.8 Å². The van der Waals surface area contributed by atoms with Gasteiger partial charge in [-0.15, -0.1) is 0 Å². The predicted molar refractivity (Wildman–Crippen MR) is 214 cm³/mol. The first-order chi connectivity index (χ1) is 24.2. The topological polar surface area (TPSA) is 27.7 Å². The van der Waals surface area contributed by atoms with Crippen LogP contribution in [0.2, 0.25) is 0 Å². The normalized spacial score (nSPS) is 12.0. The third kappa shape index (κ3) is 12.8. The van der Waals surface area contributed by atoms with Gasteiger partial charge in [0.05, 0.1) is 0 Å². The molecule has 4 aromatic rings. The molecule has 0 bridgehead atoms. The molecule has 0 saturated carbocycles. The molecule has 0 spiro atoms. The Hall–Kier alpha value is -1.64. The van der Waals surface area contributed by atoms with Gasteiger partial charge in [-0.3, -0.25) is 0 Å². The summed E-state index contributed by atoms with van der Waals surface area (Å²) >= 11 is -8.71. The number of benzene rings is 4. The Morgan fingerprint density at radius 3 is 0.837 bits per heavy atom. The molecule has 3 nitrogen and oxygen atoms in total. The molecule has 5 heteroatoms. The van der Waals surface area contributed by atoms with E-state index in [1.165, 1.54) is 104 Å². The Morgan fingerprint density at radius 1 is 0.327 bits per heavy atom. The van der Waals surface area contributed by atoms with Crippen molar-refractivity contribution in [3.63, 3.8) is 0 Å². The van der Waals surface area contributed by atoms with Gasteiger partial charge in [0.1, 0.15) is 0 Å². The van der Waals surface area contributed by atoms with Gasteiger partial charge in [0.2, 0.25) is 0 Å². The first kappa shape index (κ1) is 40.1. The zero-order chi connectivity index (χ0) is 34.3. The molecule has 264 valence electrons. The molecule has 0 radical (unpaired) electrons. The Balaban J connectivity index is 1.68. The van der Waals surface area contributed by atoms with E-state index in [9.17, 15) is 0 Å². The zero-order valence-electron chi connectivity index (χ0n) is 30.5. The second-order valence-corrected chi connectivity index (χ2v) is 33.2. The summed E-state index contributed by atoms with van der Waals surface area (Å²) in [7, 11) is 0. The molecule has 0 saturated heterocycles. The van der Waals surface area contributed by atoms with Crippen molar-refractivity contribution in [2.45, 2.75) is 117 Å².